The third-order valence-electron chi connectivity index (χ3n) is 5.09. The standard InChI is InChI=1S/C23H26F3NO4/c1-14-9-18(20(10-15(14)2)21(13-29-4)22(28)30-5)12-31-27-16(3)17-7-6-8-19(11-17)23(24,25)26/h6-8,11,13H,9-10,12H2,1-5H3. The van der Waals surface area contributed by atoms with Gasteiger partial charge in [-0.1, -0.05) is 28.4 Å². The molecule has 0 radical (unpaired) electrons. The second-order valence-electron chi connectivity index (χ2n) is 7.28. The SMILES string of the molecule is COC=C(C(=O)OC)C1=C(CON=C(C)c2cccc(C(F)(F)F)c2)CC(C)=C(C)C1. The molecule has 2 rings (SSSR count). The van der Waals surface area contributed by atoms with Crippen LogP contribution in [0.5, 0.6) is 0 Å². The average Bonchev–Trinajstić information content (AvgIpc) is 2.73. The first kappa shape index (κ1) is 24.2. The van der Waals surface area contributed by atoms with Crippen molar-refractivity contribution in [3.63, 3.8) is 0 Å². The Labute approximate surface area is 179 Å². The van der Waals surface area contributed by atoms with E-state index in [1.165, 1.54) is 32.6 Å². The molecule has 1 aromatic carbocycles. The Morgan fingerprint density at radius 3 is 2.45 bits per heavy atom. The molecular formula is C23H26F3NO4. The van der Waals surface area contributed by atoms with E-state index in [9.17, 15) is 18.0 Å². The topological polar surface area (TPSA) is 57.1 Å². The van der Waals surface area contributed by atoms with Crippen LogP contribution in [0.3, 0.4) is 0 Å². The van der Waals surface area contributed by atoms with Gasteiger partial charge in [0.1, 0.15) is 6.61 Å². The summed E-state index contributed by atoms with van der Waals surface area (Å²) in [5.74, 6) is -0.523. The molecule has 1 aromatic rings. The van der Waals surface area contributed by atoms with Gasteiger partial charge >= 0.3 is 12.1 Å². The molecular weight excluding hydrogens is 411 g/mol. The van der Waals surface area contributed by atoms with Gasteiger partial charge in [0.15, 0.2) is 0 Å². The molecule has 1 aliphatic rings. The minimum absolute atomic E-state index is 0.0777. The summed E-state index contributed by atoms with van der Waals surface area (Å²) >= 11 is 0. The van der Waals surface area contributed by atoms with Crippen LogP contribution in [0.15, 0.2) is 63.5 Å². The number of oxime groups is 1. The first-order valence-electron chi connectivity index (χ1n) is 9.60. The molecule has 0 saturated heterocycles. The van der Waals surface area contributed by atoms with Crippen LogP contribution in [-0.2, 0) is 25.3 Å². The van der Waals surface area contributed by atoms with E-state index in [4.69, 9.17) is 14.3 Å². The van der Waals surface area contributed by atoms with Crippen LogP contribution >= 0.6 is 0 Å². The maximum Gasteiger partial charge on any atom is 0.416 e. The van der Waals surface area contributed by atoms with Gasteiger partial charge < -0.3 is 14.3 Å². The number of esters is 1. The van der Waals surface area contributed by atoms with Crippen LogP contribution in [0.1, 0.15) is 44.7 Å². The first-order valence-corrected chi connectivity index (χ1v) is 9.60. The van der Waals surface area contributed by atoms with Crippen molar-refractivity contribution in [3.05, 3.63) is 69.5 Å². The minimum Gasteiger partial charge on any atom is -0.503 e. The molecule has 0 saturated carbocycles. The van der Waals surface area contributed by atoms with E-state index in [0.29, 0.717) is 29.7 Å². The molecule has 31 heavy (non-hydrogen) atoms. The lowest BCUT2D eigenvalue weighted by Gasteiger charge is -2.23. The van der Waals surface area contributed by atoms with Crippen molar-refractivity contribution in [2.75, 3.05) is 20.8 Å². The summed E-state index contributed by atoms with van der Waals surface area (Å²) in [6.45, 7) is 5.64. The Balaban J connectivity index is 2.27. The third kappa shape index (κ3) is 6.23. The van der Waals surface area contributed by atoms with Gasteiger partial charge in [-0.2, -0.15) is 13.2 Å². The summed E-state index contributed by atoms with van der Waals surface area (Å²) < 4.78 is 48.7. The van der Waals surface area contributed by atoms with E-state index in [1.54, 1.807) is 6.92 Å². The molecule has 5 nitrogen and oxygen atoms in total. The van der Waals surface area contributed by atoms with Gasteiger partial charge in [-0.25, -0.2) is 4.79 Å². The van der Waals surface area contributed by atoms with E-state index in [0.717, 1.165) is 34.4 Å². The monoisotopic (exact) mass is 437 g/mol. The highest BCUT2D eigenvalue weighted by atomic mass is 19.4. The fraction of sp³-hybridized carbons (Fsp3) is 0.391. The first-order chi connectivity index (χ1) is 14.6. The molecule has 168 valence electrons. The summed E-state index contributed by atoms with van der Waals surface area (Å²) in [4.78, 5) is 17.7. The summed E-state index contributed by atoms with van der Waals surface area (Å²) in [5, 5.41) is 3.99. The molecule has 0 N–H and O–H groups in total. The van der Waals surface area contributed by atoms with Crippen molar-refractivity contribution in [1.29, 1.82) is 0 Å². The van der Waals surface area contributed by atoms with Crippen LogP contribution in [0.25, 0.3) is 0 Å². The lowest BCUT2D eigenvalue weighted by molar-refractivity contribution is -0.138. The van der Waals surface area contributed by atoms with Crippen LogP contribution in [0.4, 0.5) is 13.2 Å². The number of benzene rings is 1. The number of allylic oxidation sites excluding steroid dienone is 2. The minimum atomic E-state index is -4.43. The molecule has 8 heteroatoms. The number of carbonyl (C=O) groups excluding carboxylic acids is 1. The fourth-order valence-electron chi connectivity index (χ4n) is 3.19. The smallest absolute Gasteiger partial charge is 0.416 e. The maximum absolute atomic E-state index is 12.9. The third-order valence-corrected chi connectivity index (χ3v) is 5.09. The molecule has 1 aliphatic carbocycles. The Hall–Kier alpha value is -3.03. The molecule has 0 heterocycles. The van der Waals surface area contributed by atoms with Gasteiger partial charge in [0, 0.05) is 0 Å². The van der Waals surface area contributed by atoms with E-state index >= 15 is 0 Å². The Kier molecular flexibility index (Phi) is 8.08. The van der Waals surface area contributed by atoms with Crippen molar-refractivity contribution in [2.24, 2.45) is 5.16 Å². The number of rotatable bonds is 7. The van der Waals surface area contributed by atoms with E-state index < -0.39 is 17.7 Å². The van der Waals surface area contributed by atoms with Gasteiger partial charge in [-0.3, -0.25) is 0 Å². The fourth-order valence-corrected chi connectivity index (χ4v) is 3.19. The molecule has 0 bridgehead atoms. The molecule has 0 aromatic heterocycles. The zero-order chi connectivity index (χ0) is 23.2. The maximum atomic E-state index is 12.9. The zero-order valence-corrected chi connectivity index (χ0v) is 18.2. The number of halogens is 3. The number of hydrogen-bond acceptors (Lipinski definition) is 5. The van der Waals surface area contributed by atoms with Crippen LogP contribution in [0, 0.1) is 0 Å². The van der Waals surface area contributed by atoms with Gasteiger partial charge in [-0.05, 0) is 62.5 Å². The zero-order valence-electron chi connectivity index (χ0n) is 18.2. The number of nitrogens with zero attached hydrogens (tertiary/aromatic N) is 1. The normalized spacial score (nSPS) is 15.9. The van der Waals surface area contributed by atoms with Gasteiger partial charge in [0.05, 0.1) is 37.3 Å². The number of alkyl halides is 3. The van der Waals surface area contributed by atoms with Crippen LogP contribution in [0.2, 0.25) is 0 Å². The molecule has 0 atom stereocenters. The largest absolute Gasteiger partial charge is 0.503 e. The van der Waals surface area contributed by atoms with E-state index in [-0.39, 0.29) is 6.61 Å². The quantitative estimate of drug-likeness (QED) is 0.140. The van der Waals surface area contributed by atoms with Crippen LogP contribution < -0.4 is 0 Å². The van der Waals surface area contributed by atoms with E-state index in [1.807, 2.05) is 13.8 Å². The predicted molar refractivity (Wildman–Crippen MR) is 111 cm³/mol. The number of methoxy groups -OCH3 is 2. The predicted octanol–water partition coefficient (Wildman–Crippen LogP) is 5.58. The Bertz CT molecular complexity index is 956. The second kappa shape index (κ2) is 10.3. The second-order valence-corrected chi connectivity index (χ2v) is 7.28. The van der Waals surface area contributed by atoms with Gasteiger partial charge in [0.25, 0.3) is 0 Å². The Morgan fingerprint density at radius 1 is 1.16 bits per heavy atom. The van der Waals surface area contributed by atoms with Gasteiger partial charge in [-0.15, -0.1) is 0 Å². The molecule has 0 unspecified atom stereocenters. The number of carbonyl (C=O) groups is 1. The lowest BCUT2D eigenvalue weighted by atomic mass is 9.84. The highest BCUT2D eigenvalue weighted by Gasteiger charge is 2.30. The summed E-state index contributed by atoms with van der Waals surface area (Å²) in [6.07, 6.45) is -1.98. The van der Waals surface area contributed by atoms with Crippen molar-refractivity contribution in [2.45, 2.75) is 39.8 Å². The van der Waals surface area contributed by atoms with Crippen molar-refractivity contribution in [3.8, 4) is 0 Å². The highest BCUT2D eigenvalue weighted by Crippen LogP contribution is 2.34. The molecule has 0 spiro atoms. The molecule has 0 amide bonds. The highest BCUT2D eigenvalue weighted by molar-refractivity contribution is 5.98. The lowest BCUT2D eigenvalue weighted by Crippen LogP contribution is -2.15. The number of hydrogen-bond donors (Lipinski definition) is 0. The number of ether oxygens (including phenoxy) is 2. The summed E-state index contributed by atoms with van der Waals surface area (Å²) in [7, 11) is 2.74. The molecule has 0 fully saturated rings. The van der Waals surface area contributed by atoms with E-state index in [2.05, 4.69) is 5.16 Å². The van der Waals surface area contributed by atoms with Gasteiger partial charge in [0.2, 0.25) is 0 Å². The van der Waals surface area contributed by atoms with Crippen molar-refractivity contribution in [1.82, 2.24) is 0 Å². The summed E-state index contributed by atoms with van der Waals surface area (Å²) in [5.41, 5.74) is 4.04. The van der Waals surface area contributed by atoms with Crippen LogP contribution in [-0.4, -0.2) is 32.5 Å². The molecule has 0 aliphatic heterocycles. The average molecular weight is 437 g/mol. The van der Waals surface area contributed by atoms with Crippen molar-refractivity contribution < 1.29 is 32.3 Å². The summed E-state index contributed by atoms with van der Waals surface area (Å²) in [6, 6.07) is 4.90. The Morgan fingerprint density at radius 2 is 1.84 bits per heavy atom. The van der Waals surface area contributed by atoms with Crippen molar-refractivity contribution >= 4 is 11.7 Å².